The van der Waals surface area contributed by atoms with Gasteiger partial charge in [-0.3, -0.25) is 9.89 Å². The van der Waals surface area contributed by atoms with Gasteiger partial charge in [0.05, 0.1) is 19.8 Å². The fourth-order valence-corrected chi connectivity index (χ4v) is 3.67. The number of nitrogens with one attached hydrogen (secondary N) is 2. The van der Waals surface area contributed by atoms with Crippen LogP contribution in [0, 0.1) is 0 Å². The number of aliphatic imine (C=N–C) groups is 1. The molecule has 1 aliphatic heterocycles. The molecule has 0 bridgehead atoms. The summed E-state index contributed by atoms with van der Waals surface area (Å²) in [6, 6.07) is 8.78. The zero-order valence-corrected chi connectivity index (χ0v) is 18.6. The van der Waals surface area contributed by atoms with Gasteiger partial charge < -0.3 is 25.0 Å². The quantitative estimate of drug-likeness (QED) is 0.315. The second-order valence-electron chi connectivity index (χ2n) is 7.56. The summed E-state index contributed by atoms with van der Waals surface area (Å²) in [6.45, 7) is 6.80. The van der Waals surface area contributed by atoms with Crippen LogP contribution in [0.15, 0.2) is 29.3 Å². The number of rotatable bonds is 12. The third-order valence-corrected chi connectivity index (χ3v) is 5.45. The van der Waals surface area contributed by atoms with E-state index in [-0.39, 0.29) is 0 Å². The van der Waals surface area contributed by atoms with Gasteiger partial charge in [0.1, 0.15) is 5.75 Å². The van der Waals surface area contributed by atoms with E-state index in [9.17, 15) is 0 Å². The number of hydrogen-bond acceptors (Lipinski definition) is 5. The molecule has 1 unspecified atom stereocenters. The van der Waals surface area contributed by atoms with Crippen LogP contribution in [0.4, 0.5) is 0 Å². The minimum absolute atomic E-state index is 0.335. The Labute approximate surface area is 176 Å². The molecule has 164 valence electrons. The molecule has 1 atom stereocenters. The van der Waals surface area contributed by atoms with Crippen LogP contribution in [-0.2, 0) is 4.74 Å². The smallest absolute Gasteiger partial charge is 0.191 e. The van der Waals surface area contributed by atoms with Crippen molar-refractivity contribution in [1.29, 1.82) is 0 Å². The Kier molecular flexibility index (Phi) is 10.8. The molecule has 1 aliphatic rings. The van der Waals surface area contributed by atoms with Crippen LogP contribution >= 0.6 is 0 Å². The summed E-state index contributed by atoms with van der Waals surface area (Å²) in [6.07, 6.45) is 3.61. The van der Waals surface area contributed by atoms with E-state index in [1.54, 1.807) is 14.2 Å². The van der Waals surface area contributed by atoms with E-state index in [0.29, 0.717) is 6.04 Å². The van der Waals surface area contributed by atoms with E-state index in [0.717, 1.165) is 64.0 Å². The first-order valence-electron chi connectivity index (χ1n) is 10.7. The van der Waals surface area contributed by atoms with Gasteiger partial charge in [0.15, 0.2) is 5.96 Å². The molecular weight excluding hydrogens is 366 g/mol. The topological polar surface area (TPSA) is 61.4 Å². The fraction of sp³-hybridized carbons (Fsp3) is 0.682. The summed E-state index contributed by atoms with van der Waals surface area (Å²) in [5, 5.41) is 6.97. The van der Waals surface area contributed by atoms with Gasteiger partial charge in [-0.2, -0.15) is 0 Å². The second-order valence-corrected chi connectivity index (χ2v) is 7.56. The molecule has 2 N–H and O–H groups in total. The summed E-state index contributed by atoms with van der Waals surface area (Å²) >= 11 is 0. The summed E-state index contributed by atoms with van der Waals surface area (Å²) in [7, 11) is 7.41. The van der Waals surface area contributed by atoms with Crippen molar-refractivity contribution in [2.45, 2.75) is 25.3 Å². The van der Waals surface area contributed by atoms with Crippen LogP contribution in [0.25, 0.3) is 0 Å². The maximum Gasteiger partial charge on any atom is 0.191 e. The van der Waals surface area contributed by atoms with Crippen molar-refractivity contribution >= 4 is 5.96 Å². The maximum atomic E-state index is 5.31. The van der Waals surface area contributed by atoms with Gasteiger partial charge in [0.25, 0.3) is 0 Å². The first-order chi connectivity index (χ1) is 14.2. The highest BCUT2D eigenvalue weighted by Crippen LogP contribution is 2.26. The number of methoxy groups -OCH3 is 2. The lowest BCUT2D eigenvalue weighted by Gasteiger charge is -2.29. The van der Waals surface area contributed by atoms with E-state index in [1.165, 1.54) is 18.4 Å². The van der Waals surface area contributed by atoms with Crippen LogP contribution in [0.1, 0.15) is 30.9 Å². The first-order valence-corrected chi connectivity index (χ1v) is 10.7. The average Bonchev–Trinajstić information content (AvgIpc) is 3.28. The fourth-order valence-electron chi connectivity index (χ4n) is 3.67. The molecule has 0 aliphatic carbocycles. The molecule has 1 saturated heterocycles. The number of ether oxygens (including phenoxy) is 2. The number of likely N-dealkylation sites (tertiary alicyclic amines) is 1. The molecule has 0 radical (unpaired) electrons. The molecule has 7 nitrogen and oxygen atoms in total. The normalized spacial score (nSPS) is 16.2. The highest BCUT2D eigenvalue weighted by molar-refractivity contribution is 5.79. The highest BCUT2D eigenvalue weighted by Gasteiger charge is 2.23. The Morgan fingerprint density at radius 2 is 1.86 bits per heavy atom. The number of nitrogens with zero attached hydrogens (tertiary/aromatic N) is 3. The van der Waals surface area contributed by atoms with Gasteiger partial charge in [-0.15, -0.1) is 0 Å². The number of guanidine groups is 1. The molecular formula is C22H39N5O2. The molecule has 7 heteroatoms. The Morgan fingerprint density at radius 1 is 1.14 bits per heavy atom. The number of benzene rings is 1. The molecule has 0 aromatic heterocycles. The van der Waals surface area contributed by atoms with Crippen molar-refractivity contribution in [2.24, 2.45) is 4.99 Å². The van der Waals surface area contributed by atoms with Gasteiger partial charge in [-0.1, -0.05) is 12.1 Å². The van der Waals surface area contributed by atoms with E-state index < -0.39 is 0 Å². The van der Waals surface area contributed by atoms with E-state index in [2.05, 4.69) is 44.6 Å². The lowest BCUT2D eigenvalue weighted by Crippen LogP contribution is -2.43. The molecule has 1 aromatic carbocycles. The zero-order chi connectivity index (χ0) is 20.9. The SMILES string of the molecule is CN=C(NCCCN(C)CCOC)NCC(c1ccc(OC)cc1)N1CCCC1. The molecule has 29 heavy (non-hydrogen) atoms. The van der Waals surface area contributed by atoms with Gasteiger partial charge in [0, 0.05) is 33.8 Å². The highest BCUT2D eigenvalue weighted by atomic mass is 16.5. The van der Waals surface area contributed by atoms with Crippen LogP contribution in [0.2, 0.25) is 0 Å². The van der Waals surface area contributed by atoms with Gasteiger partial charge >= 0.3 is 0 Å². The predicted octanol–water partition coefficient (Wildman–Crippen LogP) is 1.97. The number of likely N-dealkylation sites (N-methyl/N-ethyl adjacent to an activating group) is 1. The molecule has 0 spiro atoms. The van der Waals surface area contributed by atoms with Crippen LogP contribution in [0.3, 0.4) is 0 Å². The van der Waals surface area contributed by atoms with Crippen molar-refractivity contribution in [2.75, 3.05) is 74.2 Å². The van der Waals surface area contributed by atoms with Gasteiger partial charge in [-0.25, -0.2) is 0 Å². The summed E-state index contributed by atoms with van der Waals surface area (Å²) < 4.78 is 10.4. The van der Waals surface area contributed by atoms with Crippen molar-refractivity contribution < 1.29 is 9.47 Å². The lowest BCUT2D eigenvalue weighted by molar-refractivity contribution is 0.161. The van der Waals surface area contributed by atoms with Gasteiger partial charge in [-0.05, 0) is 63.6 Å². The monoisotopic (exact) mass is 405 g/mol. The predicted molar refractivity (Wildman–Crippen MR) is 120 cm³/mol. The van der Waals surface area contributed by atoms with Crippen LogP contribution in [0.5, 0.6) is 5.75 Å². The van der Waals surface area contributed by atoms with Crippen LogP contribution in [-0.4, -0.2) is 89.9 Å². The second kappa shape index (κ2) is 13.4. The zero-order valence-electron chi connectivity index (χ0n) is 18.6. The van der Waals surface area contributed by atoms with Crippen LogP contribution < -0.4 is 15.4 Å². The Bertz CT molecular complexity index is 587. The minimum Gasteiger partial charge on any atom is -0.497 e. The lowest BCUT2D eigenvalue weighted by atomic mass is 10.1. The Hall–Kier alpha value is -1.83. The standard InChI is InChI=1S/C22H39N5O2/c1-23-22(24-12-7-13-26(2)16-17-28-3)25-18-21(27-14-5-6-15-27)19-8-10-20(29-4)11-9-19/h8-11,21H,5-7,12-18H2,1-4H3,(H2,23,24,25). The molecule has 0 amide bonds. The van der Waals surface area contributed by atoms with Crippen molar-refractivity contribution in [3.63, 3.8) is 0 Å². The average molecular weight is 406 g/mol. The molecule has 2 rings (SSSR count). The van der Waals surface area contributed by atoms with Crippen molar-refractivity contribution in [3.05, 3.63) is 29.8 Å². The van der Waals surface area contributed by atoms with E-state index in [1.807, 2.05) is 19.2 Å². The maximum absolute atomic E-state index is 5.31. The summed E-state index contributed by atoms with van der Waals surface area (Å²) in [5.74, 6) is 1.76. The van der Waals surface area contributed by atoms with Crippen molar-refractivity contribution in [3.8, 4) is 5.75 Å². The summed E-state index contributed by atoms with van der Waals surface area (Å²) in [4.78, 5) is 9.24. The molecule has 1 aromatic rings. The third-order valence-electron chi connectivity index (χ3n) is 5.45. The first kappa shape index (κ1) is 23.4. The van der Waals surface area contributed by atoms with Crippen molar-refractivity contribution in [1.82, 2.24) is 20.4 Å². The Balaban J connectivity index is 1.83. The third kappa shape index (κ3) is 8.20. The van der Waals surface area contributed by atoms with E-state index in [4.69, 9.17) is 9.47 Å². The summed E-state index contributed by atoms with van der Waals surface area (Å²) in [5.41, 5.74) is 1.32. The van der Waals surface area contributed by atoms with Gasteiger partial charge in [0.2, 0.25) is 0 Å². The van der Waals surface area contributed by atoms with E-state index >= 15 is 0 Å². The number of hydrogen-bond donors (Lipinski definition) is 2. The minimum atomic E-state index is 0.335. The molecule has 1 fully saturated rings. The Morgan fingerprint density at radius 3 is 2.48 bits per heavy atom. The molecule has 1 heterocycles. The largest absolute Gasteiger partial charge is 0.497 e. The molecule has 0 saturated carbocycles.